The van der Waals surface area contributed by atoms with Crippen molar-refractivity contribution in [2.45, 2.75) is 12.8 Å². The van der Waals surface area contributed by atoms with Gasteiger partial charge in [0.15, 0.2) is 0 Å². The van der Waals surface area contributed by atoms with Crippen molar-refractivity contribution in [3.05, 3.63) is 71.8 Å². The molecule has 0 aliphatic carbocycles. The van der Waals surface area contributed by atoms with Crippen LogP contribution in [-0.4, -0.2) is 19.6 Å². The number of carbonyl (C=O) groups is 1. The van der Waals surface area contributed by atoms with E-state index < -0.39 is 0 Å². The summed E-state index contributed by atoms with van der Waals surface area (Å²) in [6.45, 7) is 2.71. The minimum atomic E-state index is -0.103. The number of carbonyl (C=O) groups excluding carboxylic acids is 1. The molecule has 0 aliphatic heterocycles. The summed E-state index contributed by atoms with van der Waals surface area (Å²) in [5.74, 6) is 0.933. The Balaban J connectivity index is 1.89. The first-order chi connectivity index (χ1) is 10.7. The third-order valence-corrected chi connectivity index (χ3v) is 3.50. The number of hydrogen-bond acceptors (Lipinski definition) is 2. The summed E-state index contributed by atoms with van der Waals surface area (Å²) in [4.78, 5) is 11.9. The lowest BCUT2D eigenvalue weighted by Gasteiger charge is -2.12. The molecular weight excluding hydrogens is 274 g/mol. The average molecular weight is 295 g/mol. The fourth-order valence-corrected chi connectivity index (χ4v) is 2.18. The largest absolute Gasteiger partial charge is 0.496 e. The second-order valence-corrected chi connectivity index (χ2v) is 5.13. The molecule has 0 fully saturated rings. The van der Waals surface area contributed by atoms with Gasteiger partial charge in [-0.3, -0.25) is 4.79 Å². The Hall–Kier alpha value is -2.55. The molecule has 0 saturated heterocycles. The van der Waals surface area contributed by atoms with Gasteiger partial charge in [-0.25, -0.2) is 0 Å². The molecule has 0 aliphatic rings. The molecule has 2 aromatic rings. The molecule has 1 atom stereocenters. The van der Waals surface area contributed by atoms with Gasteiger partial charge >= 0.3 is 0 Å². The van der Waals surface area contributed by atoms with Gasteiger partial charge in [-0.05, 0) is 23.6 Å². The lowest BCUT2D eigenvalue weighted by molar-refractivity contribution is -0.116. The van der Waals surface area contributed by atoms with Crippen molar-refractivity contribution in [2.24, 2.45) is 0 Å². The second kappa shape index (κ2) is 8.03. The molecule has 0 heterocycles. The van der Waals surface area contributed by atoms with E-state index in [9.17, 15) is 4.79 Å². The highest BCUT2D eigenvalue weighted by atomic mass is 16.5. The fourth-order valence-electron chi connectivity index (χ4n) is 2.18. The number of para-hydroxylation sites is 1. The Morgan fingerprint density at radius 3 is 2.55 bits per heavy atom. The number of nitrogens with one attached hydrogen (secondary N) is 1. The molecule has 2 aromatic carbocycles. The van der Waals surface area contributed by atoms with E-state index in [1.165, 1.54) is 11.6 Å². The van der Waals surface area contributed by atoms with E-state index in [4.69, 9.17) is 4.74 Å². The van der Waals surface area contributed by atoms with E-state index in [2.05, 4.69) is 24.4 Å². The summed E-state index contributed by atoms with van der Waals surface area (Å²) in [6.07, 6.45) is 3.30. The Morgan fingerprint density at radius 2 is 1.82 bits per heavy atom. The first-order valence-electron chi connectivity index (χ1n) is 7.34. The van der Waals surface area contributed by atoms with Gasteiger partial charge in [-0.15, -0.1) is 0 Å². The van der Waals surface area contributed by atoms with Crippen molar-refractivity contribution in [1.29, 1.82) is 0 Å². The van der Waals surface area contributed by atoms with E-state index in [1.807, 2.05) is 42.5 Å². The van der Waals surface area contributed by atoms with Crippen LogP contribution in [0.5, 0.6) is 5.75 Å². The molecule has 1 unspecified atom stereocenters. The zero-order valence-electron chi connectivity index (χ0n) is 13.0. The molecule has 1 N–H and O–H groups in total. The van der Waals surface area contributed by atoms with Crippen molar-refractivity contribution in [1.82, 2.24) is 5.32 Å². The summed E-state index contributed by atoms with van der Waals surface area (Å²) in [5, 5.41) is 2.92. The van der Waals surface area contributed by atoms with E-state index in [-0.39, 0.29) is 11.8 Å². The van der Waals surface area contributed by atoms with Crippen LogP contribution in [0.2, 0.25) is 0 Å². The highest BCUT2D eigenvalue weighted by Crippen LogP contribution is 2.18. The number of rotatable bonds is 6. The number of methoxy groups -OCH3 is 1. The maximum absolute atomic E-state index is 11.9. The van der Waals surface area contributed by atoms with Crippen LogP contribution in [0.15, 0.2) is 60.7 Å². The van der Waals surface area contributed by atoms with Gasteiger partial charge in [0.1, 0.15) is 5.75 Å². The topological polar surface area (TPSA) is 38.3 Å². The molecule has 0 aromatic heterocycles. The molecule has 0 saturated carbocycles. The number of hydrogen-bond donors (Lipinski definition) is 1. The summed E-state index contributed by atoms with van der Waals surface area (Å²) >= 11 is 0. The Kier molecular flexibility index (Phi) is 5.78. The van der Waals surface area contributed by atoms with Gasteiger partial charge in [0.2, 0.25) is 5.91 Å². The molecule has 114 valence electrons. The molecule has 3 nitrogen and oxygen atoms in total. The van der Waals surface area contributed by atoms with Gasteiger partial charge in [0.05, 0.1) is 7.11 Å². The molecule has 0 bridgehead atoms. The predicted molar refractivity (Wildman–Crippen MR) is 89.9 cm³/mol. The first kappa shape index (κ1) is 15.8. The highest BCUT2D eigenvalue weighted by molar-refractivity contribution is 5.92. The molecule has 3 heteroatoms. The minimum absolute atomic E-state index is 0.103. The molecule has 1 amide bonds. The van der Waals surface area contributed by atoms with Crippen LogP contribution >= 0.6 is 0 Å². The van der Waals surface area contributed by atoms with Crippen LogP contribution in [0.4, 0.5) is 0 Å². The SMILES string of the molecule is COc1ccccc1/C=C/C(=O)NCC(C)c1ccccc1. The van der Waals surface area contributed by atoms with Crippen molar-refractivity contribution >= 4 is 12.0 Å². The summed E-state index contributed by atoms with van der Waals surface area (Å²) in [7, 11) is 1.62. The standard InChI is InChI=1S/C19H21NO2/c1-15(16-8-4-3-5-9-16)14-20-19(21)13-12-17-10-6-7-11-18(17)22-2/h3-13,15H,14H2,1-2H3,(H,20,21)/b13-12+. The van der Waals surface area contributed by atoms with Crippen LogP contribution in [0.1, 0.15) is 24.0 Å². The van der Waals surface area contributed by atoms with Crippen LogP contribution in [0.3, 0.4) is 0 Å². The van der Waals surface area contributed by atoms with Gasteiger partial charge in [-0.1, -0.05) is 55.5 Å². The second-order valence-electron chi connectivity index (χ2n) is 5.13. The molecule has 0 spiro atoms. The molecular formula is C19H21NO2. The zero-order chi connectivity index (χ0) is 15.8. The van der Waals surface area contributed by atoms with Crippen molar-refractivity contribution < 1.29 is 9.53 Å². The van der Waals surface area contributed by atoms with E-state index >= 15 is 0 Å². The first-order valence-corrected chi connectivity index (χ1v) is 7.34. The van der Waals surface area contributed by atoms with E-state index in [0.717, 1.165) is 11.3 Å². The highest BCUT2D eigenvalue weighted by Gasteiger charge is 2.06. The maximum Gasteiger partial charge on any atom is 0.244 e. The van der Waals surface area contributed by atoms with E-state index in [1.54, 1.807) is 13.2 Å². The summed E-state index contributed by atoms with van der Waals surface area (Å²) < 4.78 is 5.25. The lowest BCUT2D eigenvalue weighted by Crippen LogP contribution is -2.25. The molecule has 2 rings (SSSR count). The fraction of sp³-hybridized carbons (Fsp3) is 0.211. The predicted octanol–water partition coefficient (Wildman–Crippen LogP) is 3.63. The van der Waals surface area contributed by atoms with E-state index in [0.29, 0.717) is 6.54 Å². The molecule has 0 radical (unpaired) electrons. The van der Waals surface area contributed by atoms with Crippen molar-refractivity contribution in [2.75, 3.05) is 13.7 Å². The van der Waals surface area contributed by atoms with Gasteiger partial charge < -0.3 is 10.1 Å². The third kappa shape index (κ3) is 4.48. The number of amides is 1. The van der Waals surface area contributed by atoms with Crippen LogP contribution < -0.4 is 10.1 Å². The molecule has 22 heavy (non-hydrogen) atoms. The Morgan fingerprint density at radius 1 is 1.14 bits per heavy atom. The smallest absolute Gasteiger partial charge is 0.244 e. The third-order valence-electron chi connectivity index (χ3n) is 3.50. The van der Waals surface area contributed by atoms with Crippen LogP contribution in [0, 0.1) is 0 Å². The number of benzene rings is 2. The average Bonchev–Trinajstić information content (AvgIpc) is 2.58. The lowest BCUT2D eigenvalue weighted by atomic mass is 10.0. The summed E-state index contributed by atoms with van der Waals surface area (Å²) in [6, 6.07) is 17.7. The van der Waals surface area contributed by atoms with Crippen molar-refractivity contribution in [3.63, 3.8) is 0 Å². The van der Waals surface area contributed by atoms with Gasteiger partial charge in [0.25, 0.3) is 0 Å². The minimum Gasteiger partial charge on any atom is -0.496 e. The maximum atomic E-state index is 11.9. The number of ether oxygens (including phenoxy) is 1. The Labute approximate surface area is 131 Å². The normalized spacial score (nSPS) is 12.1. The summed E-state index contributed by atoms with van der Waals surface area (Å²) in [5.41, 5.74) is 2.10. The quantitative estimate of drug-likeness (QED) is 0.826. The van der Waals surface area contributed by atoms with Crippen LogP contribution in [0.25, 0.3) is 6.08 Å². The zero-order valence-corrected chi connectivity index (χ0v) is 13.0. The van der Waals surface area contributed by atoms with Gasteiger partial charge in [0, 0.05) is 18.2 Å². The monoisotopic (exact) mass is 295 g/mol. The van der Waals surface area contributed by atoms with Gasteiger partial charge in [-0.2, -0.15) is 0 Å². The van der Waals surface area contributed by atoms with Crippen LogP contribution in [-0.2, 0) is 4.79 Å². The Bertz CT molecular complexity index is 635. The van der Waals surface area contributed by atoms with Crippen molar-refractivity contribution in [3.8, 4) is 5.75 Å².